The Balaban J connectivity index is 1.89. The van der Waals surface area contributed by atoms with Gasteiger partial charge in [-0.1, -0.05) is 0 Å². The number of piperazine rings is 1. The van der Waals surface area contributed by atoms with Gasteiger partial charge >= 0.3 is 0 Å². The summed E-state index contributed by atoms with van der Waals surface area (Å²) in [5.41, 5.74) is -0.275. The lowest BCUT2D eigenvalue weighted by molar-refractivity contribution is -0.141. The Kier molecular flexibility index (Phi) is 2.94. The van der Waals surface area contributed by atoms with E-state index in [4.69, 9.17) is 9.47 Å². The van der Waals surface area contributed by atoms with Gasteiger partial charge in [0, 0.05) is 6.54 Å². The Morgan fingerprint density at radius 3 is 2.69 bits per heavy atom. The summed E-state index contributed by atoms with van der Waals surface area (Å²) < 4.78 is 10.8. The fourth-order valence-electron chi connectivity index (χ4n) is 1.85. The monoisotopic (exact) mass is 228 g/mol. The molecule has 1 atom stereocenters. The van der Waals surface area contributed by atoms with Crippen molar-refractivity contribution in [1.29, 1.82) is 0 Å². The molecule has 16 heavy (non-hydrogen) atoms. The molecule has 0 aromatic carbocycles. The normalized spacial score (nSPS) is 28.7. The highest BCUT2D eigenvalue weighted by atomic mass is 16.5. The van der Waals surface area contributed by atoms with Gasteiger partial charge in [0.05, 0.1) is 31.0 Å². The first-order valence-electron chi connectivity index (χ1n) is 5.67. The van der Waals surface area contributed by atoms with Crippen LogP contribution in [0.15, 0.2) is 0 Å². The van der Waals surface area contributed by atoms with E-state index in [1.807, 2.05) is 20.8 Å². The average Bonchev–Trinajstić information content (AvgIpc) is 2.13. The molecule has 0 radical (unpaired) electrons. The Bertz CT molecular complexity index is 281. The predicted molar refractivity (Wildman–Crippen MR) is 59.2 cm³/mol. The van der Waals surface area contributed by atoms with Crippen LogP contribution in [0.1, 0.15) is 20.8 Å². The zero-order chi connectivity index (χ0) is 11.8. The van der Waals surface area contributed by atoms with Crippen molar-refractivity contribution in [3.63, 3.8) is 0 Å². The van der Waals surface area contributed by atoms with Crippen molar-refractivity contribution < 1.29 is 14.3 Å². The van der Waals surface area contributed by atoms with E-state index >= 15 is 0 Å². The number of rotatable bonds is 2. The van der Waals surface area contributed by atoms with Crippen LogP contribution in [0.3, 0.4) is 0 Å². The van der Waals surface area contributed by atoms with Gasteiger partial charge < -0.3 is 14.8 Å². The lowest BCUT2D eigenvalue weighted by Gasteiger charge is -2.47. The molecule has 2 aliphatic rings. The summed E-state index contributed by atoms with van der Waals surface area (Å²) in [5, 5.41) is 6.23. The third-order valence-corrected chi connectivity index (χ3v) is 2.84. The van der Waals surface area contributed by atoms with Gasteiger partial charge in [0.2, 0.25) is 5.91 Å². The number of carbonyl (C=O) groups excluding carboxylic acids is 1. The first kappa shape index (κ1) is 11.8. The Morgan fingerprint density at radius 1 is 1.50 bits per heavy atom. The average molecular weight is 228 g/mol. The third-order valence-electron chi connectivity index (χ3n) is 2.84. The first-order chi connectivity index (χ1) is 7.40. The molecule has 92 valence electrons. The van der Waals surface area contributed by atoms with E-state index in [-0.39, 0.29) is 23.1 Å². The highest BCUT2D eigenvalue weighted by Gasteiger charge is 2.45. The van der Waals surface area contributed by atoms with Crippen LogP contribution in [0.2, 0.25) is 0 Å². The van der Waals surface area contributed by atoms with Crippen molar-refractivity contribution in [2.45, 2.75) is 38.0 Å². The molecule has 2 N–H and O–H groups in total. The molecule has 1 spiro atoms. The standard InChI is InChI=1S/C11H20N2O3/c1-10(2,3)16-4-8-9(14)12-5-11(13-8)6-15-7-11/h8,13H,4-7H2,1-3H3,(H,12,14)/t8-/m0/s1. The van der Waals surface area contributed by atoms with Gasteiger partial charge in [-0.25, -0.2) is 0 Å². The molecule has 2 heterocycles. The molecule has 0 unspecified atom stereocenters. The molecule has 2 fully saturated rings. The number of carbonyl (C=O) groups is 1. The van der Waals surface area contributed by atoms with Crippen molar-refractivity contribution in [3.05, 3.63) is 0 Å². The van der Waals surface area contributed by atoms with E-state index in [2.05, 4.69) is 10.6 Å². The van der Waals surface area contributed by atoms with Gasteiger partial charge in [0.25, 0.3) is 0 Å². The van der Waals surface area contributed by atoms with Crippen LogP contribution in [0.4, 0.5) is 0 Å². The maximum absolute atomic E-state index is 11.6. The lowest BCUT2D eigenvalue weighted by Crippen LogP contribution is -2.75. The van der Waals surface area contributed by atoms with Crippen LogP contribution in [0, 0.1) is 0 Å². The number of nitrogens with one attached hydrogen (secondary N) is 2. The van der Waals surface area contributed by atoms with Gasteiger partial charge in [-0.3, -0.25) is 10.1 Å². The van der Waals surface area contributed by atoms with E-state index in [1.54, 1.807) is 0 Å². The molecule has 5 heteroatoms. The lowest BCUT2D eigenvalue weighted by atomic mass is 9.93. The maximum atomic E-state index is 11.6. The zero-order valence-electron chi connectivity index (χ0n) is 10.1. The van der Waals surface area contributed by atoms with Crippen LogP contribution < -0.4 is 10.6 Å². The fourth-order valence-corrected chi connectivity index (χ4v) is 1.85. The first-order valence-corrected chi connectivity index (χ1v) is 5.67. The van der Waals surface area contributed by atoms with Gasteiger partial charge in [-0.2, -0.15) is 0 Å². The van der Waals surface area contributed by atoms with Crippen molar-refractivity contribution in [1.82, 2.24) is 10.6 Å². The highest BCUT2D eigenvalue weighted by molar-refractivity contribution is 5.83. The summed E-state index contributed by atoms with van der Waals surface area (Å²) in [7, 11) is 0. The van der Waals surface area contributed by atoms with E-state index in [0.29, 0.717) is 26.4 Å². The molecule has 0 aliphatic carbocycles. The SMILES string of the molecule is CC(C)(C)OC[C@@H]1NC2(CNC1=O)COC2. The van der Waals surface area contributed by atoms with Crippen LogP contribution in [-0.4, -0.2) is 49.5 Å². The topological polar surface area (TPSA) is 59.6 Å². The number of amides is 1. The second-order valence-corrected chi connectivity index (χ2v) is 5.61. The maximum Gasteiger partial charge on any atom is 0.239 e. The molecule has 0 aromatic rings. The number of hydrogen-bond acceptors (Lipinski definition) is 4. The minimum atomic E-state index is -0.267. The minimum absolute atomic E-state index is 0.0155. The van der Waals surface area contributed by atoms with Crippen molar-refractivity contribution in [2.24, 2.45) is 0 Å². The van der Waals surface area contributed by atoms with E-state index in [9.17, 15) is 4.79 Å². The highest BCUT2D eigenvalue weighted by Crippen LogP contribution is 2.20. The molecule has 2 saturated heterocycles. The van der Waals surface area contributed by atoms with Crippen molar-refractivity contribution in [3.8, 4) is 0 Å². The van der Waals surface area contributed by atoms with Crippen molar-refractivity contribution in [2.75, 3.05) is 26.4 Å². The smallest absolute Gasteiger partial charge is 0.239 e. The summed E-state index contributed by atoms with van der Waals surface area (Å²) in [6.45, 7) is 8.33. The Morgan fingerprint density at radius 2 is 2.19 bits per heavy atom. The molecule has 2 aliphatic heterocycles. The van der Waals surface area contributed by atoms with E-state index in [1.165, 1.54) is 0 Å². The Hall–Kier alpha value is -0.650. The summed E-state index contributed by atoms with van der Waals surface area (Å²) in [4.78, 5) is 11.6. The van der Waals surface area contributed by atoms with Crippen LogP contribution in [0.25, 0.3) is 0 Å². The number of hydrogen-bond donors (Lipinski definition) is 2. The fraction of sp³-hybridized carbons (Fsp3) is 0.909. The third kappa shape index (κ3) is 2.53. The minimum Gasteiger partial charge on any atom is -0.377 e. The van der Waals surface area contributed by atoms with Crippen LogP contribution >= 0.6 is 0 Å². The molecular formula is C11H20N2O3. The summed E-state index contributed by atoms with van der Waals surface area (Å²) in [6.07, 6.45) is 0. The van der Waals surface area contributed by atoms with Gasteiger partial charge in [0.1, 0.15) is 6.04 Å². The molecule has 5 nitrogen and oxygen atoms in total. The second-order valence-electron chi connectivity index (χ2n) is 5.61. The predicted octanol–water partition coefficient (Wildman–Crippen LogP) is -0.341. The quantitative estimate of drug-likeness (QED) is 0.679. The molecule has 2 rings (SSSR count). The molecular weight excluding hydrogens is 208 g/mol. The summed E-state index contributed by atoms with van der Waals surface area (Å²) in [6, 6.07) is -0.267. The van der Waals surface area contributed by atoms with Gasteiger partial charge in [-0.05, 0) is 20.8 Å². The van der Waals surface area contributed by atoms with Gasteiger partial charge in [-0.15, -0.1) is 0 Å². The summed E-state index contributed by atoms with van der Waals surface area (Å²) in [5.74, 6) is 0.0155. The van der Waals surface area contributed by atoms with Crippen LogP contribution in [-0.2, 0) is 14.3 Å². The zero-order valence-corrected chi connectivity index (χ0v) is 10.1. The molecule has 0 bridgehead atoms. The van der Waals surface area contributed by atoms with E-state index < -0.39 is 0 Å². The Labute approximate surface area is 95.9 Å². The summed E-state index contributed by atoms with van der Waals surface area (Å²) >= 11 is 0. The van der Waals surface area contributed by atoms with Crippen LogP contribution in [0.5, 0.6) is 0 Å². The molecule has 0 saturated carbocycles. The van der Waals surface area contributed by atoms with E-state index in [0.717, 1.165) is 0 Å². The molecule has 0 aromatic heterocycles. The molecule has 1 amide bonds. The van der Waals surface area contributed by atoms with Gasteiger partial charge in [0.15, 0.2) is 0 Å². The van der Waals surface area contributed by atoms with Crippen molar-refractivity contribution >= 4 is 5.91 Å². The number of ether oxygens (including phenoxy) is 2. The largest absolute Gasteiger partial charge is 0.377 e. The second kappa shape index (κ2) is 3.98.